The molecule has 1 aromatic carbocycles. The van der Waals surface area contributed by atoms with E-state index < -0.39 is 17.7 Å². The van der Waals surface area contributed by atoms with Crippen molar-refractivity contribution in [2.24, 2.45) is 0 Å². The number of hydrogen-bond donors (Lipinski definition) is 1. The van der Waals surface area contributed by atoms with Gasteiger partial charge in [-0.05, 0) is 48.8 Å². The third-order valence-electron chi connectivity index (χ3n) is 3.17. The molecular formula is C14H19BrF2N2O. The van der Waals surface area contributed by atoms with Crippen molar-refractivity contribution in [2.45, 2.75) is 33.4 Å². The van der Waals surface area contributed by atoms with Crippen molar-refractivity contribution >= 4 is 21.8 Å². The molecule has 0 aliphatic carbocycles. The molecule has 1 amide bonds. The Kier molecular flexibility index (Phi) is 6.55. The summed E-state index contributed by atoms with van der Waals surface area (Å²) in [6.45, 7) is 6.66. The van der Waals surface area contributed by atoms with E-state index in [-0.39, 0.29) is 22.5 Å². The molecule has 112 valence electrons. The average molecular weight is 349 g/mol. The van der Waals surface area contributed by atoms with E-state index in [9.17, 15) is 13.6 Å². The Balaban J connectivity index is 2.73. The molecular weight excluding hydrogens is 330 g/mol. The molecule has 0 radical (unpaired) electrons. The normalized spacial score (nSPS) is 12.3. The first kappa shape index (κ1) is 17.0. The van der Waals surface area contributed by atoms with Gasteiger partial charge >= 0.3 is 0 Å². The minimum atomic E-state index is -0.639. The molecule has 1 atom stereocenters. The summed E-state index contributed by atoms with van der Waals surface area (Å²) in [6.07, 6.45) is 0. The van der Waals surface area contributed by atoms with E-state index in [4.69, 9.17) is 0 Å². The Morgan fingerprint density at radius 2 is 1.95 bits per heavy atom. The number of likely N-dealkylation sites (N-methyl/N-ethyl adjacent to an activating group) is 1. The van der Waals surface area contributed by atoms with Gasteiger partial charge in [-0.15, -0.1) is 0 Å². The lowest BCUT2D eigenvalue weighted by molar-refractivity contribution is -0.132. The van der Waals surface area contributed by atoms with E-state index in [1.165, 1.54) is 12.1 Å². The Morgan fingerprint density at radius 3 is 2.50 bits per heavy atom. The van der Waals surface area contributed by atoms with Crippen LogP contribution in [0.3, 0.4) is 0 Å². The molecule has 0 spiro atoms. The molecule has 1 unspecified atom stereocenters. The predicted octanol–water partition coefficient (Wildman–Crippen LogP) is 3.07. The van der Waals surface area contributed by atoms with Crippen LogP contribution < -0.4 is 5.32 Å². The van der Waals surface area contributed by atoms with E-state index in [0.29, 0.717) is 13.1 Å². The van der Waals surface area contributed by atoms with Crippen LogP contribution in [0.5, 0.6) is 0 Å². The zero-order valence-corrected chi connectivity index (χ0v) is 13.4. The van der Waals surface area contributed by atoms with Crippen LogP contribution in [0.2, 0.25) is 0 Å². The second kappa shape index (κ2) is 7.69. The fraction of sp³-hybridized carbons (Fsp3) is 0.500. The standard InChI is InChI=1S/C14H19BrF2N2O/c1-4-19(5-2)14(20)9(3)18-8-10-12(16)7-6-11(15)13(10)17/h6-7,9,18H,4-5,8H2,1-3H3. The van der Waals surface area contributed by atoms with Gasteiger partial charge in [0, 0.05) is 25.2 Å². The number of halogens is 3. The quantitative estimate of drug-likeness (QED) is 0.801. The number of hydrogen-bond acceptors (Lipinski definition) is 2. The summed E-state index contributed by atoms with van der Waals surface area (Å²) >= 11 is 3.02. The lowest BCUT2D eigenvalue weighted by Crippen LogP contribution is -2.44. The number of benzene rings is 1. The first-order valence-corrected chi connectivity index (χ1v) is 7.36. The van der Waals surface area contributed by atoms with Gasteiger partial charge in [0.1, 0.15) is 11.6 Å². The minimum Gasteiger partial charge on any atom is -0.342 e. The minimum absolute atomic E-state index is 0.0364. The van der Waals surface area contributed by atoms with Gasteiger partial charge in [0.25, 0.3) is 0 Å². The van der Waals surface area contributed by atoms with Crippen LogP contribution in [0.4, 0.5) is 8.78 Å². The molecule has 0 saturated heterocycles. The van der Waals surface area contributed by atoms with E-state index in [1.54, 1.807) is 11.8 Å². The predicted molar refractivity (Wildman–Crippen MR) is 78.3 cm³/mol. The summed E-state index contributed by atoms with van der Waals surface area (Å²) in [4.78, 5) is 13.7. The van der Waals surface area contributed by atoms with Crippen molar-refractivity contribution in [1.82, 2.24) is 10.2 Å². The Bertz CT molecular complexity index is 478. The first-order chi connectivity index (χ1) is 9.42. The van der Waals surface area contributed by atoms with Crippen LogP contribution in [-0.4, -0.2) is 29.9 Å². The van der Waals surface area contributed by atoms with Gasteiger partial charge in [-0.2, -0.15) is 0 Å². The lowest BCUT2D eigenvalue weighted by atomic mass is 10.2. The van der Waals surface area contributed by atoms with Crippen molar-refractivity contribution in [3.63, 3.8) is 0 Å². The van der Waals surface area contributed by atoms with E-state index >= 15 is 0 Å². The van der Waals surface area contributed by atoms with Crippen molar-refractivity contribution < 1.29 is 13.6 Å². The maximum atomic E-state index is 13.8. The molecule has 20 heavy (non-hydrogen) atoms. The van der Waals surface area contributed by atoms with E-state index in [0.717, 1.165) is 0 Å². The molecule has 0 saturated carbocycles. The number of nitrogens with zero attached hydrogens (tertiary/aromatic N) is 1. The molecule has 3 nitrogen and oxygen atoms in total. The second-order valence-electron chi connectivity index (χ2n) is 4.43. The molecule has 0 aromatic heterocycles. The van der Waals surface area contributed by atoms with Gasteiger partial charge in [-0.25, -0.2) is 8.78 Å². The zero-order valence-electron chi connectivity index (χ0n) is 11.8. The lowest BCUT2D eigenvalue weighted by Gasteiger charge is -2.23. The SMILES string of the molecule is CCN(CC)C(=O)C(C)NCc1c(F)ccc(Br)c1F. The highest BCUT2D eigenvalue weighted by atomic mass is 79.9. The molecule has 6 heteroatoms. The summed E-state index contributed by atoms with van der Waals surface area (Å²) in [5, 5.41) is 2.86. The highest BCUT2D eigenvalue weighted by molar-refractivity contribution is 9.10. The molecule has 1 N–H and O–H groups in total. The van der Waals surface area contributed by atoms with Gasteiger partial charge in [0.2, 0.25) is 5.91 Å². The molecule has 0 aliphatic heterocycles. The van der Waals surface area contributed by atoms with Gasteiger partial charge in [-0.3, -0.25) is 4.79 Å². The maximum absolute atomic E-state index is 13.8. The van der Waals surface area contributed by atoms with Crippen LogP contribution in [0.15, 0.2) is 16.6 Å². The number of nitrogens with one attached hydrogen (secondary N) is 1. The summed E-state index contributed by atoms with van der Waals surface area (Å²) < 4.78 is 27.6. The third-order valence-corrected chi connectivity index (χ3v) is 3.78. The number of rotatable bonds is 6. The Morgan fingerprint density at radius 1 is 1.35 bits per heavy atom. The molecule has 0 heterocycles. The summed E-state index contributed by atoms with van der Waals surface area (Å²) in [6, 6.07) is 2.02. The van der Waals surface area contributed by atoms with Gasteiger partial charge in [-0.1, -0.05) is 0 Å². The van der Waals surface area contributed by atoms with Crippen LogP contribution in [-0.2, 0) is 11.3 Å². The van der Waals surface area contributed by atoms with Crippen LogP contribution in [0, 0.1) is 11.6 Å². The third kappa shape index (κ3) is 3.99. The maximum Gasteiger partial charge on any atom is 0.239 e. The summed E-state index contributed by atoms with van der Waals surface area (Å²) in [7, 11) is 0. The summed E-state index contributed by atoms with van der Waals surface area (Å²) in [5.41, 5.74) is -0.0708. The highest BCUT2D eigenvalue weighted by Gasteiger charge is 2.19. The topological polar surface area (TPSA) is 32.3 Å². The Labute approximate surface area is 126 Å². The Hall–Kier alpha value is -1.01. The monoisotopic (exact) mass is 348 g/mol. The van der Waals surface area contributed by atoms with E-state index in [2.05, 4.69) is 21.2 Å². The van der Waals surface area contributed by atoms with Crippen LogP contribution in [0.1, 0.15) is 26.3 Å². The molecule has 1 aromatic rings. The van der Waals surface area contributed by atoms with Crippen molar-refractivity contribution in [1.29, 1.82) is 0 Å². The molecule has 0 fully saturated rings. The molecule has 1 rings (SSSR count). The zero-order chi connectivity index (χ0) is 15.3. The molecule has 0 bridgehead atoms. The number of carbonyl (C=O) groups excluding carboxylic acids is 1. The first-order valence-electron chi connectivity index (χ1n) is 6.56. The van der Waals surface area contributed by atoms with Crippen LogP contribution >= 0.6 is 15.9 Å². The smallest absolute Gasteiger partial charge is 0.239 e. The number of carbonyl (C=O) groups is 1. The second-order valence-corrected chi connectivity index (χ2v) is 5.29. The fourth-order valence-electron chi connectivity index (χ4n) is 1.88. The van der Waals surface area contributed by atoms with Gasteiger partial charge in [0.15, 0.2) is 0 Å². The summed E-state index contributed by atoms with van der Waals surface area (Å²) in [5.74, 6) is -1.34. The highest BCUT2D eigenvalue weighted by Crippen LogP contribution is 2.21. The van der Waals surface area contributed by atoms with Gasteiger partial charge in [0.05, 0.1) is 10.5 Å². The average Bonchev–Trinajstić information content (AvgIpc) is 2.44. The van der Waals surface area contributed by atoms with Crippen molar-refractivity contribution in [2.75, 3.05) is 13.1 Å². The largest absolute Gasteiger partial charge is 0.342 e. The fourth-order valence-corrected chi connectivity index (χ4v) is 2.25. The molecule has 0 aliphatic rings. The van der Waals surface area contributed by atoms with Crippen molar-refractivity contribution in [3.8, 4) is 0 Å². The van der Waals surface area contributed by atoms with E-state index in [1.807, 2.05) is 13.8 Å². The van der Waals surface area contributed by atoms with Gasteiger partial charge < -0.3 is 10.2 Å². The van der Waals surface area contributed by atoms with Crippen molar-refractivity contribution in [3.05, 3.63) is 33.8 Å². The van der Waals surface area contributed by atoms with Crippen LogP contribution in [0.25, 0.3) is 0 Å². The number of amides is 1.